The van der Waals surface area contributed by atoms with Gasteiger partial charge in [-0.1, -0.05) is 12.1 Å². The summed E-state index contributed by atoms with van der Waals surface area (Å²) in [6, 6.07) is 7.60. The van der Waals surface area contributed by atoms with Gasteiger partial charge in [0.05, 0.1) is 17.2 Å². The van der Waals surface area contributed by atoms with Crippen molar-refractivity contribution in [2.75, 3.05) is 0 Å². The summed E-state index contributed by atoms with van der Waals surface area (Å²) in [6.07, 6.45) is 1.51. The predicted molar refractivity (Wildman–Crippen MR) is 95.3 cm³/mol. The Kier molecular flexibility index (Phi) is 3.81. The number of aryl methyl sites for hydroxylation is 1. The monoisotopic (exact) mass is 368 g/mol. The molecule has 0 N–H and O–H groups in total. The van der Waals surface area contributed by atoms with E-state index in [0.717, 1.165) is 5.69 Å². The maximum absolute atomic E-state index is 12.2. The van der Waals surface area contributed by atoms with Gasteiger partial charge in [-0.15, -0.1) is 11.3 Å². The van der Waals surface area contributed by atoms with Crippen molar-refractivity contribution in [3.63, 3.8) is 0 Å². The van der Waals surface area contributed by atoms with Crippen LogP contribution in [0.15, 0.2) is 46.8 Å². The lowest BCUT2D eigenvalue weighted by Gasteiger charge is -2.01. The second kappa shape index (κ2) is 6.15. The summed E-state index contributed by atoms with van der Waals surface area (Å²) in [5.74, 6) is 0.374. The van der Waals surface area contributed by atoms with E-state index in [4.69, 9.17) is 0 Å². The van der Waals surface area contributed by atoms with Gasteiger partial charge >= 0.3 is 0 Å². The summed E-state index contributed by atoms with van der Waals surface area (Å²) >= 11 is 1.40. The average Bonchev–Trinajstić information content (AvgIpc) is 3.22. The van der Waals surface area contributed by atoms with Crippen molar-refractivity contribution in [1.82, 2.24) is 24.1 Å². The van der Waals surface area contributed by atoms with E-state index in [2.05, 4.69) is 15.1 Å². The molecule has 0 spiro atoms. The molecule has 1 aromatic carbocycles. The summed E-state index contributed by atoms with van der Waals surface area (Å²) in [5, 5.41) is 17.1. The summed E-state index contributed by atoms with van der Waals surface area (Å²) < 4.78 is 3.11. The van der Waals surface area contributed by atoms with Crippen LogP contribution in [-0.2, 0) is 6.54 Å². The third-order valence-electron chi connectivity index (χ3n) is 3.80. The number of benzene rings is 1. The third-order valence-corrected chi connectivity index (χ3v) is 4.75. The Bertz CT molecular complexity index is 1190. The summed E-state index contributed by atoms with van der Waals surface area (Å²) in [5.41, 5.74) is 1.82. The van der Waals surface area contributed by atoms with Crippen LogP contribution < -0.4 is 5.56 Å². The van der Waals surface area contributed by atoms with Crippen LogP contribution in [0, 0.1) is 17.0 Å². The molecule has 3 heterocycles. The van der Waals surface area contributed by atoms with E-state index in [1.54, 1.807) is 21.2 Å². The molecule has 0 aliphatic carbocycles. The molecule has 4 aromatic rings. The fraction of sp³-hybridized carbons (Fsp3) is 0.125. The van der Waals surface area contributed by atoms with Gasteiger partial charge in [0.2, 0.25) is 0 Å². The van der Waals surface area contributed by atoms with E-state index in [9.17, 15) is 14.9 Å². The molecule has 0 bridgehead atoms. The highest BCUT2D eigenvalue weighted by Gasteiger charge is 2.12. The van der Waals surface area contributed by atoms with Crippen LogP contribution in [0.3, 0.4) is 0 Å². The molecular formula is C16H12N6O3S. The maximum atomic E-state index is 12.2. The van der Waals surface area contributed by atoms with Crippen molar-refractivity contribution in [3.05, 3.63) is 73.9 Å². The molecule has 0 atom stereocenters. The van der Waals surface area contributed by atoms with Crippen molar-refractivity contribution in [2.24, 2.45) is 0 Å². The molecule has 0 radical (unpaired) electrons. The molecule has 0 unspecified atom stereocenters. The minimum atomic E-state index is -0.462. The number of thiazole rings is 1. The number of nitro groups is 1. The highest BCUT2D eigenvalue weighted by molar-refractivity contribution is 7.15. The van der Waals surface area contributed by atoms with Crippen molar-refractivity contribution in [3.8, 4) is 11.4 Å². The molecule has 26 heavy (non-hydrogen) atoms. The van der Waals surface area contributed by atoms with E-state index in [-0.39, 0.29) is 17.8 Å². The van der Waals surface area contributed by atoms with Crippen LogP contribution in [0.2, 0.25) is 0 Å². The molecule has 0 amide bonds. The quantitative estimate of drug-likeness (QED) is 0.404. The molecule has 130 valence electrons. The van der Waals surface area contributed by atoms with Crippen LogP contribution in [0.1, 0.15) is 11.4 Å². The minimum Gasteiger partial charge on any atom is -0.269 e. The normalized spacial score (nSPS) is 11.1. The second-order valence-electron chi connectivity index (χ2n) is 5.65. The standard InChI is InChI=1S/C16H12N6O3S/c1-10-8-26-16-18-12(6-14(23)21(10)16)7-20-9-17-15(19-20)11-3-2-4-13(5-11)22(24)25/h2-6,8-9H,7H2,1H3. The Morgan fingerprint density at radius 2 is 2.15 bits per heavy atom. The fourth-order valence-corrected chi connectivity index (χ4v) is 3.50. The summed E-state index contributed by atoms with van der Waals surface area (Å²) in [7, 11) is 0. The first-order valence-electron chi connectivity index (χ1n) is 7.62. The number of hydrogen-bond donors (Lipinski definition) is 0. The van der Waals surface area contributed by atoms with E-state index in [1.165, 1.54) is 35.9 Å². The highest BCUT2D eigenvalue weighted by atomic mass is 32.1. The van der Waals surface area contributed by atoms with Gasteiger partial charge < -0.3 is 0 Å². The third kappa shape index (κ3) is 2.86. The zero-order chi connectivity index (χ0) is 18.3. The predicted octanol–water partition coefficient (Wildman–Crippen LogP) is 2.28. The highest BCUT2D eigenvalue weighted by Crippen LogP contribution is 2.20. The topological polar surface area (TPSA) is 108 Å². The van der Waals surface area contributed by atoms with Crippen LogP contribution in [0.5, 0.6) is 0 Å². The SMILES string of the molecule is Cc1csc2nc(Cn3cnc(-c4cccc([N+](=O)[O-])c4)n3)cc(=O)n12. The maximum Gasteiger partial charge on any atom is 0.270 e. The van der Waals surface area contributed by atoms with Gasteiger partial charge in [0, 0.05) is 34.8 Å². The second-order valence-corrected chi connectivity index (χ2v) is 6.49. The Hall–Kier alpha value is -3.40. The number of rotatable bonds is 4. The largest absolute Gasteiger partial charge is 0.270 e. The first kappa shape index (κ1) is 16.1. The van der Waals surface area contributed by atoms with Crippen LogP contribution >= 0.6 is 11.3 Å². The number of hydrogen-bond acceptors (Lipinski definition) is 7. The van der Waals surface area contributed by atoms with Gasteiger partial charge in [-0.05, 0) is 6.92 Å². The van der Waals surface area contributed by atoms with Crippen LogP contribution in [0.25, 0.3) is 16.3 Å². The fourth-order valence-electron chi connectivity index (χ4n) is 2.61. The number of nitrogens with zero attached hydrogens (tertiary/aromatic N) is 6. The lowest BCUT2D eigenvalue weighted by atomic mass is 10.2. The van der Waals surface area contributed by atoms with E-state index < -0.39 is 4.92 Å². The van der Waals surface area contributed by atoms with Gasteiger partial charge in [-0.3, -0.25) is 19.3 Å². The van der Waals surface area contributed by atoms with E-state index in [0.29, 0.717) is 22.0 Å². The van der Waals surface area contributed by atoms with Gasteiger partial charge in [0.25, 0.3) is 11.2 Å². The Morgan fingerprint density at radius 3 is 2.96 bits per heavy atom. The zero-order valence-electron chi connectivity index (χ0n) is 13.6. The van der Waals surface area contributed by atoms with E-state index >= 15 is 0 Å². The minimum absolute atomic E-state index is 0.0212. The van der Waals surface area contributed by atoms with Crippen molar-refractivity contribution in [1.29, 1.82) is 0 Å². The Labute approximate surface area is 150 Å². The molecule has 9 nitrogen and oxygen atoms in total. The molecule has 10 heteroatoms. The van der Waals surface area contributed by atoms with E-state index in [1.807, 2.05) is 12.3 Å². The van der Waals surface area contributed by atoms with Crippen LogP contribution in [-0.4, -0.2) is 29.1 Å². The van der Waals surface area contributed by atoms with Crippen molar-refractivity contribution >= 4 is 22.0 Å². The number of nitro benzene ring substituents is 1. The summed E-state index contributed by atoms with van der Waals surface area (Å²) in [4.78, 5) is 31.9. The first-order chi connectivity index (χ1) is 12.5. The molecule has 0 saturated carbocycles. The van der Waals surface area contributed by atoms with Gasteiger partial charge in [-0.2, -0.15) is 5.10 Å². The van der Waals surface area contributed by atoms with Gasteiger partial charge in [-0.25, -0.2) is 14.6 Å². The zero-order valence-corrected chi connectivity index (χ0v) is 14.4. The molecule has 0 aliphatic rings. The van der Waals surface area contributed by atoms with Gasteiger partial charge in [0.15, 0.2) is 10.8 Å². The lowest BCUT2D eigenvalue weighted by molar-refractivity contribution is -0.384. The molecular weight excluding hydrogens is 356 g/mol. The molecule has 0 aliphatic heterocycles. The Balaban J connectivity index is 1.64. The van der Waals surface area contributed by atoms with Crippen molar-refractivity contribution < 1.29 is 4.92 Å². The number of aromatic nitrogens is 5. The molecule has 4 rings (SSSR count). The van der Waals surface area contributed by atoms with Crippen LogP contribution in [0.4, 0.5) is 5.69 Å². The smallest absolute Gasteiger partial charge is 0.269 e. The molecule has 0 fully saturated rings. The summed E-state index contributed by atoms with van der Waals surface area (Å²) in [6.45, 7) is 2.14. The van der Waals surface area contributed by atoms with Gasteiger partial charge in [0.1, 0.15) is 6.33 Å². The Morgan fingerprint density at radius 1 is 1.31 bits per heavy atom. The number of fused-ring (bicyclic) bond motifs is 1. The lowest BCUT2D eigenvalue weighted by Crippen LogP contribution is -2.16. The average molecular weight is 368 g/mol. The first-order valence-corrected chi connectivity index (χ1v) is 8.50. The number of non-ortho nitro benzene ring substituents is 1. The van der Waals surface area contributed by atoms with Crippen molar-refractivity contribution in [2.45, 2.75) is 13.5 Å². The molecule has 3 aromatic heterocycles. The molecule has 0 saturated heterocycles.